The summed E-state index contributed by atoms with van der Waals surface area (Å²) in [6, 6.07) is 5.94. The molecule has 8 nitrogen and oxygen atoms in total. The summed E-state index contributed by atoms with van der Waals surface area (Å²) in [5.41, 5.74) is 5.98. The molecule has 2 aromatic heterocycles. The Morgan fingerprint density at radius 1 is 1.25 bits per heavy atom. The Morgan fingerprint density at radius 2 is 2.00 bits per heavy atom. The number of rotatable bonds is 3. The number of amides is 2. The molecule has 0 bridgehead atoms. The number of aryl methyl sites for hydroxylation is 1. The van der Waals surface area contributed by atoms with Crippen LogP contribution in [-0.2, 0) is 4.74 Å². The van der Waals surface area contributed by atoms with Crippen LogP contribution in [0.15, 0.2) is 24.3 Å². The van der Waals surface area contributed by atoms with Crippen LogP contribution in [-0.4, -0.2) is 48.1 Å². The molecule has 10 heteroatoms. The lowest BCUT2D eigenvalue weighted by Crippen LogP contribution is -2.41. The molecule has 3 N–H and O–H groups in total. The number of aromatic amines is 1. The van der Waals surface area contributed by atoms with E-state index < -0.39 is 17.6 Å². The highest BCUT2D eigenvalue weighted by Crippen LogP contribution is 2.26. The van der Waals surface area contributed by atoms with Crippen LogP contribution >= 0.6 is 11.3 Å². The minimum atomic E-state index is -0.570. The first-order valence-electron chi connectivity index (χ1n) is 8.71. The molecule has 146 valence electrons. The lowest BCUT2D eigenvalue weighted by molar-refractivity contribution is 0.0846. The zero-order chi connectivity index (χ0) is 19.7. The lowest BCUT2D eigenvalue weighted by Gasteiger charge is -2.25. The number of nitrogens with one attached hydrogen (secondary N) is 3. The van der Waals surface area contributed by atoms with Gasteiger partial charge in [0.15, 0.2) is 5.13 Å². The maximum atomic E-state index is 13.8. The van der Waals surface area contributed by atoms with E-state index in [4.69, 9.17) is 4.74 Å². The largest absolute Gasteiger partial charge is 0.378 e. The summed E-state index contributed by atoms with van der Waals surface area (Å²) in [5.74, 6) is -1.45. The standard InChI is InChI=1S/C18H18FN5O3S/c1-10-15(28-18(20-10)24-5-7-27-8-6-24)17(26)23-22-16(25)14-9-11-12(19)3-2-4-13(11)21-14/h2-4,9,21H,5-8H2,1H3,(H,22,25)(H,23,26). The highest BCUT2D eigenvalue weighted by atomic mass is 32.1. The van der Waals surface area contributed by atoms with Crippen LogP contribution in [0.3, 0.4) is 0 Å². The van der Waals surface area contributed by atoms with E-state index in [0.29, 0.717) is 34.7 Å². The Hall–Kier alpha value is -2.98. The van der Waals surface area contributed by atoms with Crippen LogP contribution in [0.5, 0.6) is 0 Å². The summed E-state index contributed by atoms with van der Waals surface area (Å²) in [6.07, 6.45) is 0. The highest BCUT2D eigenvalue weighted by molar-refractivity contribution is 7.17. The maximum absolute atomic E-state index is 13.8. The van der Waals surface area contributed by atoms with Gasteiger partial charge in [-0.1, -0.05) is 17.4 Å². The van der Waals surface area contributed by atoms with Gasteiger partial charge in [-0.05, 0) is 25.1 Å². The number of thiazole rings is 1. The Balaban J connectivity index is 1.42. The van der Waals surface area contributed by atoms with Crippen LogP contribution in [0.4, 0.5) is 9.52 Å². The SMILES string of the molecule is Cc1nc(N2CCOCC2)sc1C(=O)NNC(=O)c1cc2c(F)cccc2[nH]1. The average molecular weight is 403 g/mol. The van der Waals surface area contributed by atoms with Crippen LogP contribution in [0.2, 0.25) is 0 Å². The van der Waals surface area contributed by atoms with Crippen LogP contribution < -0.4 is 15.8 Å². The Morgan fingerprint density at radius 3 is 2.75 bits per heavy atom. The van der Waals surface area contributed by atoms with Crippen molar-refractivity contribution in [3.8, 4) is 0 Å². The molecule has 2 amide bonds. The van der Waals surface area contributed by atoms with Crippen molar-refractivity contribution in [2.24, 2.45) is 0 Å². The van der Waals surface area contributed by atoms with Gasteiger partial charge in [-0.25, -0.2) is 9.37 Å². The number of carbonyl (C=O) groups is 2. The van der Waals surface area contributed by atoms with Crippen molar-refractivity contribution in [2.45, 2.75) is 6.92 Å². The third kappa shape index (κ3) is 3.56. The molecule has 0 aliphatic carbocycles. The minimum Gasteiger partial charge on any atom is -0.378 e. The number of carbonyl (C=O) groups excluding carboxylic acids is 2. The van der Waals surface area contributed by atoms with Gasteiger partial charge in [0.05, 0.1) is 18.9 Å². The number of hydrogen-bond donors (Lipinski definition) is 3. The second-order valence-electron chi connectivity index (χ2n) is 6.30. The summed E-state index contributed by atoms with van der Waals surface area (Å²) >= 11 is 1.27. The van der Waals surface area contributed by atoms with Gasteiger partial charge in [-0.2, -0.15) is 0 Å². The molecule has 1 aromatic carbocycles. The van der Waals surface area contributed by atoms with Gasteiger partial charge in [-0.15, -0.1) is 0 Å². The zero-order valence-electron chi connectivity index (χ0n) is 15.0. The van der Waals surface area contributed by atoms with E-state index >= 15 is 0 Å². The number of nitrogens with zero attached hydrogens (tertiary/aromatic N) is 2. The molecular weight excluding hydrogens is 385 g/mol. The average Bonchev–Trinajstić information content (AvgIpc) is 3.31. The van der Waals surface area contributed by atoms with Crippen molar-refractivity contribution < 1.29 is 18.7 Å². The van der Waals surface area contributed by atoms with Gasteiger partial charge in [0.2, 0.25) is 0 Å². The van der Waals surface area contributed by atoms with Gasteiger partial charge in [0.1, 0.15) is 16.4 Å². The number of fused-ring (bicyclic) bond motifs is 1. The molecule has 3 heterocycles. The van der Waals surface area contributed by atoms with E-state index in [-0.39, 0.29) is 5.69 Å². The number of benzene rings is 1. The first-order chi connectivity index (χ1) is 13.5. The van der Waals surface area contributed by atoms with E-state index in [1.54, 1.807) is 19.1 Å². The van der Waals surface area contributed by atoms with Crippen molar-refractivity contribution in [3.05, 3.63) is 46.3 Å². The number of aromatic nitrogens is 2. The third-order valence-corrected chi connectivity index (χ3v) is 5.64. The smallest absolute Gasteiger partial charge is 0.286 e. The van der Waals surface area contributed by atoms with Gasteiger partial charge < -0.3 is 14.6 Å². The predicted octanol–water partition coefficient (Wildman–Crippen LogP) is 1.98. The molecule has 0 radical (unpaired) electrons. The maximum Gasteiger partial charge on any atom is 0.286 e. The first kappa shape index (κ1) is 18.4. The first-order valence-corrected chi connectivity index (χ1v) is 9.52. The van der Waals surface area contributed by atoms with Gasteiger partial charge in [0, 0.05) is 24.0 Å². The van der Waals surface area contributed by atoms with E-state index in [9.17, 15) is 14.0 Å². The summed E-state index contributed by atoms with van der Waals surface area (Å²) in [4.78, 5) is 34.5. The Labute approximate surface area is 163 Å². The monoisotopic (exact) mass is 403 g/mol. The zero-order valence-corrected chi connectivity index (χ0v) is 15.9. The normalized spacial score (nSPS) is 14.3. The molecule has 0 saturated carbocycles. The highest BCUT2D eigenvalue weighted by Gasteiger charge is 2.21. The molecule has 0 atom stereocenters. The molecule has 1 aliphatic rings. The van der Waals surface area contributed by atoms with Crippen molar-refractivity contribution in [3.63, 3.8) is 0 Å². The second-order valence-corrected chi connectivity index (χ2v) is 7.28. The van der Waals surface area contributed by atoms with E-state index in [2.05, 4.69) is 25.7 Å². The Bertz CT molecular complexity index is 1040. The predicted molar refractivity (Wildman–Crippen MR) is 103 cm³/mol. The summed E-state index contributed by atoms with van der Waals surface area (Å²) in [7, 11) is 0. The van der Waals surface area contributed by atoms with Crippen molar-refractivity contribution in [2.75, 3.05) is 31.2 Å². The third-order valence-electron chi connectivity index (χ3n) is 4.42. The molecule has 3 aromatic rings. The fourth-order valence-electron chi connectivity index (χ4n) is 2.96. The number of anilines is 1. The van der Waals surface area contributed by atoms with Crippen LogP contribution in [0.25, 0.3) is 10.9 Å². The number of morpholine rings is 1. The summed E-state index contributed by atoms with van der Waals surface area (Å²) in [5, 5.41) is 1.07. The Kier molecular flexibility index (Phi) is 4.97. The molecule has 1 fully saturated rings. The van der Waals surface area contributed by atoms with Gasteiger partial charge in [-0.3, -0.25) is 20.4 Å². The number of hydrazine groups is 1. The fourth-order valence-corrected chi connectivity index (χ4v) is 3.97. The lowest BCUT2D eigenvalue weighted by atomic mass is 10.2. The molecule has 28 heavy (non-hydrogen) atoms. The molecule has 4 rings (SSSR count). The topological polar surface area (TPSA) is 99.3 Å². The number of hydrogen-bond acceptors (Lipinski definition) is 6. The number of halogens is 1. The van der Waals surface area contributed by atoms with Gasteiger partial charge >= 0.3 is 0 Å². The summed E-state index contributed by atoms with van der Waals surface area (Å²) in [6.45, 7) is 4.45. The molecule has 1 aliphatic heterocycles. The van der Waals surface area contributed by atoms with E-state index in [1.165, 1.54) is 23.5 Å². The fraction of sp³-hybridized carbons (Fsp3) is 0.278. The molecular formula is C18H18FN5O3S. The second kappa shape index (κ2) is 7.56. The number of ether oxygens (including phenoxy) is 1. The molecule has 0 unspecified atom stereocenters. The van der Waals surface area contributed by atoms with Crippen molar-refractivity contribution in [1.82, 2.24) is 20.8 Å². The van der Waals surface area contributed by atoms with Crippen LogP contribution in [0.1, 0.15) is 25.9 Å². The molecule has 0 spiro atoms. The van der Waals surface area contributed by atoms with Crippen molar-refractivity contribution >= 4 is 39.2 Å². The minimum absolute atomic E-state index is 0.149. The van der Waals surface area contributed by atoms with Crippen molar-refractivity contribution in [1.29, 1.82) is 0 Å². The number of H-pyrrole nitrogens is 1. The molecule has 1 saturated heterocycles. The van der Waals surface area contributed by atoms with E-state index in [1.807, 2.05) is 0 Å². The van der Waals surface area contributed by atoms with Crippen LogP contribution in [0, 0.1) is 12.7 Å². The summed E-state index contributed by atoms with van der Waals surface area (Å²) < 4.78 is 19.1. The quantitative estimate of drug-likeness (QED) is 0.581. The van der Waals surface area contributed by atoms with E-state index in [0.717, 1.165) is 18.2 Å². The van der Waals surface area contributed by atoms with Gasteiger partial charge in [0.25, 0.3) is 11.8 Å².